The van der Waals surface area contributed by atoms with Crippen molar-refractivity contribution in [3.8, 4) is 22.8 Å². The Labute approximate surface area is 187 Å². The van der Waals surface area contributed by atoms with E-state index >= 15 is 0 Å². The maximum Gasteiger partial charge on any atom is 0.252 e. The van der Waals surface area contributed by atoms with Crippen molar-refractivity contribution in [3.63, 3.8) is 0 Å². The smallest absolute Gasteiger partial charge is 0.252 e. The van der Waals surface area contributed by atoms with Gasteiger partial charge in [0.25, 0.3) is 5.91 Å². The summed E-state index contributed by atoms with van der Waals surface area (Å²) in [6, 6.07) is 17.3. The zero-order valence-electron chi connectivity index (χ0n) is 18.4. The van der Waals surface area contributed by atoms with E-state index < -0.39 is 0 Å². The van der Waals surface area contributed by atoms with Crippen molar-refractivity contribution in [2.24, 2.45) is 0 Å². The summed E-state index contributed by atoms with van der Waals surface area (Å²) in [5.74, 6) is 1.23. The Hall–Kier alpha value is -3.93. The molecule has 2 heterocycles. The van der Waals surface area contributed by atoms with Crippen LogP contribution in [0.2, 0.25) is 0 Å². The van der Waals surface area contributed by atoms with E-state index in [4.69, 9.17) is 14.5 Å². The summed E-state index contributed by atoms with van der Waals surface area (Å²) in [7, 11) is 3.22. The molecule has 1 N–H and O–H groups in total. The Bertz CT molecular complexity index is 1260. The molecule has 0 saturated carbocycles. The number of carbonyl (C=O) groups excluding carboxylic acids is 1. The highest BCUT2D eigenvalue weighted by atomic mass is 16.5. The lowest BCUT2D eigenvalue weighted by Gasteiger charge is -2.13. The molecule has 0 bridgehead atoms. The molecule has 0 aliphatic heterocycles. The molecule has 0 atom stereocenters. The summed E-state index contributed by atoms with van der Waals surface area (Å²) in [5.41, 5.74) is 5.09. The molecule has 0 radical (unpaired) electrons. The number of carbonyl (C=O) groups is 1. The fourth-order valence-electron chi connectivity index (χ4n) is 3.69. The second-order valence-electron chi connectivity index (χ2n) is 7.46. The Morgan fingerprint density at radius 1 is 1.00 bits per heavy atom. The topological polar surface area (TPSA) is 73.3 Å². The number of pyridine rings is 2. The second kappa shape index (κ2) is 9.47. The summed E-state index contributed by atoms with van der Waals surface area (Å²) in [5, 5.41) is 3.88. The van der Waals surface area contributed by atoms with Crippen LogP contribution in [0.1, 0.15) is 21.5 Å². The van der Waals surface area contributed by atoms with E-state index in [-0.39, 0.29) is 5.91 Å². The van der Waals surface area contributed by atoms with Crippen LogP contribution in [0.3, 0.4) is 0 Å². The van der Waals surface area contributed by atoms with Crippen molar-refractivity contribution in [3.05, 3.63) is 83.7 Å². The number of methoxy groups -OCH3 is 2. The molecule has 4 rings (SSSR count). The first-order chi connectivity index (χ1) is 15.6. The van der Waals surface area contributed by atoms with E-state index in [0.717, 1.165) is 33.3 Å². The Balaban J connectivity index is 1.59. The summed E-state index contributed by atoms with van der Waals surface area (Å²) in [6.07, 6.45) is 4.15. The van der Waals surface area contributed by atoms with Crippen molar-refractivity contribution in [2.75, 3.05) is 20.8 Å². The van der Waals surface area contributed by atoms with Crippen molar-refractivity contribution in [1.29, 1.82) is 0 Å². The molecule has 6 nitrogen and oxygen atoms in total. The van der Waals surface area contributed by atoms with Gasteiger partial charge in [-0.3, -0.25) is 9.78 Å². The van der Waals surface area contributed by atoms with Crippen molar-refractivity contribution in [1.82, 2.24) is 15.3 Å². The first-order valence-corrected chi connectivity index (χ1v) is 10.4. The predicted molar refractivity (Wildman–Crippen MR) is 125 cm³/mol. The van der Waals surface area contributed by atoms with Gasteiger partial charge in [0, 0.05) is 29.9 Å². The number of nitrogens with one attached hydrogen (secondary N) is 1. The van der Waals surface area contributed by atoms with Crippen LogP contribution in [0.5, 0.6) is 11.5 Å². The SMILES string of the molecule is COc1ccc(CCNC(=O)c2cc(-c3cccnc3)nc3c(C)cccc23)cc1OC. The number of benzene rings is 2. The monoisotopic (exact) mass is 427 g/mol. The lowest BCUT2D eigenvalue weighted by atomic mass is 10.0. The molecule has 2 aromatic heterocycles. The number of hydrogen-bond donors (Lipinski definition) is 1. The molecule has 6 heteroatoms. The summed E-state index contributed by atoms with van der Waals surface area (Å²) < 4.78 is 10.6. The lowest BCUT2D eigenvalue weighted by molar-refractivity contribution is 0.0955. The van der Waals surface area contributed by atoms with Gasteiger partial charge in [0.1, 0.15) is 0 Å². The Kier molecular flexibility index (Phi) is 6.31. The number of amides is 1. The number of aromatic nitrogens is 2. The number of nitrogens with zero attached hydrogens (tertiary/aromatic N) is 2. The number of hydrogen-bond acceptors (Lipinski definition) is 5. The third-order valence-corrected chi connectivity index (χ3v) is 5.39. The van der Waals surface area contributed by atoms with Gasteiger partial charge >= 0.3 is 0 Å². The molecule has 162 valence electrons. The standard InChI is InChI=1S/C26H25N3O3/c1-17-6-4-8-20-21(15-22(29-25(17)20)19-7-5-12-27-16-19)26(30)28-13-11-18-9-10-23(31-2)24(14-18)32-3/h4-10,12,14-16H,11,13H2,1-3H3,(H,28,30). The second-order valence-corrected chi connectivity index (χ2v) is 7.46. The largest absolute Gasteiger partial charge is 0.493 e. The zero-order chi connectivity index (χ0) is 22.5. The third kappa shape index (κ3) is 4.39. The molecule has 0 aliphatic carbocycles. The minimum Gasteiger partial charge on any atom is -0.493 e. The van der Waals surface area contributed by atoms with E-state index in [1.807, 2.05) is 61.5 Å². The molecule has 0 unspecified atom stereocenters. The molecular weight excluding hydrogens is 402 g/mol. The van der Waals surface area contributed by atoms with Crippen molar-refractivity contribution < 1.29 is 14.3 Å². The van der Waals surface area contributed by atoms with Crippen molar-refractivity contribution in [2.45, 2.75) is 13.3 Å². The predicted octanol–water partition coefficient (Wildman–Crippen LogP) is 4.59. The summed E-state index contributed by atoms with van der Waals surface area (Å²) in [4.78, 5) is 22.2. The van der Waals surface area contributed by atoms with Crippen LogP contribution in [-0.4, -0.2) is 36.6 Å². The molecule has 1 amide bonds. The van der Waals surface area contributed by atoms with Crippen LogP contribution >= 0.6 is 0 Å². The van der Waals surface area contributed by atoms with Gasteiger partial charge in [0.15, 0.2) is 11.5 Å². The van der Waals surface area contributed by atoms with Crippen LogP contribution in [0.4, 0.5) is 0 Å². The van der Waals surface area contributed by atoms with Crippen molar-refractivity contribution >= 4 is 16.8 Å². The molecule has 0 fully saturated rings. The number of rotatable bonds is 7. The normalized spacial score (nSPS) is 10.7. The van der Waals surface area contributed by atoms with Crippen LogP contribution in [0.15, 0.2) is 67.0 Å². The zero-order valence-corrected chi connectivity index (χ0v) is 18.4. The lowest BCUT2D eigenvalue weighted by Crippen LogP contribution is -2.26. The van der Waals surface area contributed by atoms with Gasteiger partial charge in [-0.2, -0.15) is 0 Å². The quantitative estimate of drug-likeness (QED) is 0.467. The maximum atomic E-state index is 13.2. The van der Waals surface area contributed by atoms with Crippen LogP contribution in [0, 0.1) is 6.92 Å². The number of aryl methyl sites for hydroxylation is 1. The highest BCUT2D eigenvalue weighted by Gasteiger charge is 2.15. The number of ether oxygens (including phenoxy) is 2. The highest BCUT2D eigenvalue weighted by molar-refractivity contribution is 6.07. The van der Waals surface area contributed by atoms with E-state index in [1.165, 1.54) is 0 Å². The minimum atomic E-state index is -0.131. The average molecular weight is 428 g/mol. The van der Waals surface area contributed by atoms with Crippen LogP contribution < -0.4 is 14.8 Å². The number of para-hydroxylation sites is 1. The molecular formula is C26H25N3O3. The van der Waals surface area contributed by atoms with Gasteiger partial charge in [0.05, 0.1) is 31.0 Å². The van der Waals surface area contributed by atoms with Gasteiger partial charge in [-0.25, -0.2) is 4.98 Å². The van der Waals surface area contributed by atoms with Crippen LogP contribution in [0.25, 0.3) is 22.2 Å². The van der Waals surface area contributed by atoms with Gasteiger partial charge in [-0.1, -0.05) is 24.3 Å². The average Bonchev–Trinajstić information content (AvgIpc) is 2.84. The highest BCUT2D eigenvalue weighted by Crippen LogP contribution is 2.28. The Morgan fingerprint density at radius 3 is 2.59 bits per heavy atom. The Morgan fingerprint density at radius 2 is 1.84 bits per heavy atom. The molecule has 4 aromatic rings. The fourth-order valence-corrected chi connectivity index (χ4v) is 3.69. The van der Waals surface area contributed by atoms with Gasteiger partial charge in [0.2, 0.25) is 0 Å². The molecule has 2 aromatic carbocycles. The van der Waals surface area contributed by atoms with Gasteiger partial charge in [-0.05, 0) is 54.8 Å². The minimum absolute atomic E-state index is 0.131. The molecule has 32 heavy (non-hydrogen) atoms. The van der Waals surface area contributed by atoms with E-state index in [2.05, 4.69) is 10.3 Å². The van der Waals surface area contributed by atoms with E-state index in [0.29, 0.717) is 30.0 Å². The summed E-state index contributed by atoms with van der Waals surface area (Å²) in [6.45, 7) is 2.49. The summed E-state index contributed by atoms with van der Waals surface area (Å²) >= 11 is 0. The first kappa shape index (κ1) is 21.3. The first-order valence-electron chi connectivity index (χ1n) is 10.4. The van der Waals surface area contributed by atoms with Gasteiger partial charge in [-0.15, -0.1) is 0 Å². The molecule has 0 aliphatic rings. The molecule has 0 saturated heterocycles. The third-order valence-electron chi connectivity index (χ3n) is 5.39. The molecule has 0 spiro atoms. The van der Waals surface area contributed by atoms with Gasteiger partial charge < -0.3 is 14.8 Å². The van der Waals surface area contributed by atoms with E-state index in [1.54, 1.807) is 26.6 Å². The number of fused-ring (bicyclic) bond motifs is 1. The maximum absolute atomic E-state index is 13.2. The van der Waals surface area contributed by atoms with Crippen LogP contribution in [-0.2, 0) is 6.42 Å². The van der Waals surface area contributed by atoms with E-state index in [9.17, 15) is 4.79 Å². The fraction of sp³-hybridized carbons (Fsp3) is 0.192.